The van der Waals surface area contributed by atoms with Gasteiger partial charge < -0.3 is 0 Å². The van der Waals surface area contributed by atoms with Crippen LogP contribution in [0.5, 0.6) is 0 Å². The molecule has 0 heterocycles. The van der Waals surface area contributed by atoms with Gasteiger partial charge in [0.05, 0.1) is 0 Å². The van der Waals surface area contributed by atoms with E-state index < -0.39 is 0 Å². The molecule has 0 N–H and O–H groups in total. The average Bonchev–Trinajstić information content (AvgIpc) is 2.70. The van der Waals surface area contributed by atoms with Crippen LogP contribution in [0.1, 0.15) is 19.3 Å². The second-order valence-corrected chi connectivity index (χ2v) is 4.52. The van der Waals surface area contributed by atoms with E-state index in [1.165, 1.54) is 25.0 Å². The molecule has 0 saturated heterocycles. The molecule has 13 heavy (non-hydrogen) atoms. The van der Waals surface area contributed by atoms with Gasteiger partial charge in [0.25, 0.3) is 0 Å². The van der Waals surface area contributed by atoms with E-state index in [2.05, 4.69) is 0 Å². The first-order valence-electron chi connectivity index (χ1n) is 5.03. The third-order valence-corrected chi connectivity index (χ3v) is 3.99. The van der Waals surface area contributed by atoms with Crippen LogP contribution in [-0.4, -0.2) is 11.6 Å². The van der Waals surface area contributed by atoms with Crippen molar-refractivity contribution < 1.29 is 9.59 Å². The van der Waals surface area contributed by atoms with E-state index in [9.17, 15) is 9.59 Å². The van der Waals surface area contributed by atoms with Gasteiger partial charge in [-0.25, -0.2) is 0 Å². The van der Waals surface area contributed by atoms with Crippen molar-refractivity contribution in [1.82, 2.24) is 0 Å². The summed E-state index contributed by atoms with van der Waals surface area (Å²) in [6.45, 7) is 0. The van der Waals surface area contributed by atoms with Crippen molar-refractivity contribution in [2.24, 2.45) is 23.7 Å². The van der Waals surface area contributed by atoms with E-state index in [1.807, 2.05) is 0 Å². The van der Waals surface area contributed by atoms with E-state index in [1.54, 1.807) is 0 Å². The van der Waals surface area contributed by atoms with Gasteiger partial charge in [-0.1, -0.05) is 0 Å². The molecule has 0 aromatic carbocycles. The van der Waals surface area contributed by atoms with E-state index in [-0.39, 0.29) is 23.4 Å². The largest absolute Gasteiger partial charge is 0.295 e. The second kappa shape index (κ2) is 2.31. The Labute approximate surface area is 77.0 Å². The Balaban J connectivity index is 2.05. The molecule has 0 aromatic rings. The molecular formula is C11H12O2. The Morgan fingerprint density at radius 3 is 1.85 bits per heavy atom. The van der Waals surface area contributed by atoms with Crippen molar-refractivity contribution in [2.75, 3.05) is 0 Å². The van der Waals surface area contributed by atoms with Crippen LogP contribution >= 0.6 is 0 Å². The number of ketones is 2. The molecule has 2 bridgehead atoms. The van der Waals surface area contributed by atoms with Gasteiger partial charge in [-0.2, -0.15) is 0 Å². The highest BCUT2D eigenvalue weighted by Crippen LogP contribution is 2.54. The minimum Gasteiger partial charge on any atom is -0.295 e. The van der Waals surface area contributed by atoms with Crippen molar-refractivity contribution >= 4 is 11.6 Å². The molecule has 4 unspecified atom stereocenters. The molecule has 0 spiro atoms. The van der Waals surface area contributed by atoms with Gasteiger partial charge >= 0.3 is 0 Å². The highest BCUT2D eigenvalue weighted by molar-refractivity contribution is 6.08. The van der Waals surface area contributed by atoms with E-state index in [0.717, 1.165) is 6.42 Å². The van der Waals surface area contributed by atoms with Crippen LogP contribution in [0.2, 0.25) is 0 Å². The predicted molar refractivity (Wildman–Crippen MR) is 47.0 cm³/mol. The Kier molecular flexibility index (Phi) is 1.33. The van der Waals surface area contributed by atoms with Crippen molar-refractivity contribution in [3.05, 3.63) is 12.2 Å². The van der Waals surface area contributed by atoms with Gasteiger partial charge in [0.15, 0.2) is 11.6 Å². The summed E-state index contributed by atoms with van der Waals surface area (Å²) in [5.41, 5.74) is 0. The van der Waals surface area contributed by atoms with Crippen LogP contribution < -0.4 is 0 Å². The van der Waals surface area contributed by atoms with Crippen LogP contribution in [0.25, 0.3) is 0 Å². The molecule has 2 nitrogen and oxygen atoms in total. The average molecular weight is 176 g/mol. The molecular weight excluding hydrogens is 164 g/mol. The topological polar surface area (TPSA) is 34.1 Å². The molecule has 0 amide bonds. The molecule has 0 radical (unpaired) electrons. The number of carbonyl (C=O) groups is 2. The van der Waals surface area contributed by atoms with E-state index >= 15 is 0 Å². The Morgan fingerprint density at radius 2 is 1.38 bits per heavy atom. The molecule has 0 aliphatic heterocycles. The fraction of sp³-hybridized carbons (Fsp3) is 0.636. The molecule has 0 aromatic heterocycles. The molecule has 3 aliphatic carbocycles. The maximum absolute atomic E-state index is 11.6. The molecule has 2 fully saturated rings. The molecule has 2 saturated carbocycles. The summed E-state index contributed by atoms with van der Waals surface area (Å²) in [5.74, 6) is 1.59. The molecule has 2 heteroatoms. The van der Waals surface area contributed by atoms with Crippen molar-refractivity contribution in [3.63, 3.8) is 0 Å². The quantitative estimate of drug-likeness (QED) is 0.558. The van der Waals surface area contributed by atoms with Crippen LogP contribution in [0.15, 0.2) is 12.2 Å². The summed E-state index contributed by atoms with van der Waals surface area (Å²) in [6.07, 6.45) is 6.43. The number of rotatable bonds is 0. The fourth-order valence-corrected chi connectivity index (χ4v) is 3.50. The summed E-state index contributed by atoms with van der Waals surface area (Å²) >= 11 is 0. The lowest BCUT2D eigenvalue weighted by Crippen LogP contribution is -2.36. The second-order valence-electron chi connectivity index (χ2n) is 4.52. The smallest absolute Gasteiger partial charge is 0.159 e. The molecule has 68 valence electrons. The SMILES string of the molecule is O=C1C=CC(=O)C2C3CCC(C3)C12. The zero-order valence-electron chi connectivity index (χ0n) is 7.40. The molecule has 3 rings (SSSR count). The third-order valence-electron chi connectivity index (χ3n) is 3.99. The van der Waals surface area contributed by atoms with Crippen molar-refractivity contribution in [3.8, 4) is 0 Å². The van der Waals surface area contributed by atoms with E-state index in [0.29, 0.717) is 11.8 Å². The van der Waals surface area contributed by atoms with Crippen LogP contribution in [0.3, 0.4) is 0 Å². The highest BCUT2D eigenvalue weighted by atomic mass is 16.1. The minimum atomic E-state index is 0.0660. The Bertz CT molecular complexity index is 286. The first kappa shape index (κ1) is 7.48. The standard InChI is InChI=1S/C11H12O2/c12-8-3-4-9(13)11-7-2-1-6(5-7)10(8)11/h3-4,6-7,10-11H,1-2,5H2. The number of allylic oxidation sites excluding steroid dienone is 2. The summed E-state index contributed by atoms with van der Waals surface area (Å²) in [4.78, 5) is 23.1. The van der Waals surface area contributed by atoms with Crippen LogP contribution in [0, 0.1) is 23.7 Å². The lowest BCUT2D eigenvalue weighted by Gasteiger charge is -2.29. The number of hydrogen-bond donors (Lipinski definition) is 0. The predicted octanol–water partition coefficient (Wildman–Crippen LogP) is 1.36. The highest BCUT2D eigenvalue weighted by Gasteiger charge is 2.53. The third kappa shape index (κ3) is 0.835. The lowest BCUT2D eigenvalue weighted by atomic mass is 9.72. The van der Waals surface area contributed by atoms with Crippen LogP contribution in [-0.2, 0) is 9.59 Å². The lowest BCUT2D eigenvalue weighted by molar-refractivity contribution is -0.131. The maximum Gasteiger partial charge on any atom is 0.159 e. The summed E-state index contributed by atoms with van der Waals surface area (Å²) in [7, 11) is 0. The summed E-state index contributed by atoms with van der Waals surface area (Å²) in [5, 5.41) is 0. The maximum atomic E-state index is 11.6. The van der Waals surface area contributed by atoms with Gasteiger partial charge in [-0.15, -0.1) is 0 Å². The summed E-state index contributed by atoms with van der Waals surface area (Å²) in [6, 6.07) is 0. The number of fused-ring (bicyclic) bond motifs is 5. The van der Waals surface area contributed by atoms with Gasteiger partial charge in [-0.3, -0.25) is 9.59 Å². The van der Waals surface area contributed by atoms with Crippen LogP contribution in [0.4, 0.5) is 0 Å². The zero-order chi connectivity index (χ0) is 9.00. The van der Waals surface area contributed by atoms with Gasteiger partial charge in [0.2, 0.25) is 0 Å². The monoisotopic (exact) mass is 176 g/mol. The molecule has 3 aliphatic rings. The minimum absolute atomic E-state index is 0.0660. The first-order valence-corrected chi connectivity index (χ1v) is 5.03. The normalized spacial score (nSPS) is 47.1. The van der Waals surface area contributed by atoms with Gasteiger partial charge in [0.1, 0.15) is 0 Å². The van der Waals surface area contributed by atoms with Crippen molar-refractivity contribution in [1.29, 1.82) is 0 Å². The van der Waals surface area contributed by atoms with Gasteiger partial charge in [-0.05, 0) is 43.3 Å². The Morgan fingerprint density at radius 1 is 0.923 bits per heavy atom. The Hall–Kier alpha value is -0.920. The van der Waals surface area contributed by atoms with Crippen molar-refractivity contribution in [2.45, 2.75) is 19.3 Å². The van der Waals surface area contributed by atoms with Gasteiger partial charge in [0, 0.05) is 11.8 Å². The van der Waals surface area contributed by atoms with E-state index in [4.69, 9.17) is 0 Å². The summed E-state index contributed by atoms with van der Waals surface area (Å²) < 4.78 is 0. The zero-order valence-corrected chi connectivity index (χ0v) is 7.40. The first-order chi connectivity index (χ1) is 6.27. The number of hydrogen-bond acceptors (Lipinski definition) is 2. The number of carbonyl (C=O) groups excluding carboxylic acids is 2. The fourth-order valence-electron chi connectivity index (χ4n) is 3.50. The molecule has 4 atom stereocenters.